The minimum atomic E-state index is -3.99. The Hall–Kier alpha value is -2.43. The highest BCUT2D eigenvalue weighted by molar-refractivity contribution is 7.93. The molecule has 136 valence electrons. The van der Waals surface area contributed by atoms with E-state index in [2.05, 4.69) is 19.5 Å². The quantitative estimate of drug-likeness (QED) is 0.624. The molecule has 0 aliphatic rings. The number of anilines is 1. The Morgan fingerprint density at radius 2 is 2.08 bits per heavy atom. The van der Waals surface area contributed by atoms with Crippen molar-refractivity contribution < 1.29 is 17.9 Å². The second-order valence-electron chi connectivity index (χ2n) is 5.13. The monoisotopic (exact) mass is 412 g/mol. The molecule has 0 spiro atoms. The molecular weight excluding hydrogens is 400 g/mol. The third kappa shape index (κ3) is 4.03. The van der Waals surface area contributed by atoms with Crippen LogP contribution in [0.5, 0.6) is 0 Å². The van der Waals surface area contributed by atoms with Gasteiger partial charge in [0.15, 0.2) is 0 Å². The lowest BCUT2D eigenvalue weighted by molar-refractivity contribution is 0.0602. The SMILES string of the molecule is COC(=O)c1sc(Cl)cc1S(=O)(=O)Nc1ccc(Cn2cncn2)cc1. The van der Waals surface area contributed by atoms with Crippen LogP contribution in [-0.2, 0) is 21.3 Å². The number of nitrogens with zero attached hydrogens (tertiary/aromatic N) is 3. The number of hydrogen-bond acceptors (Lipinski definition) is 7. The maximum atomic E-state index is 12.6. The Kier molecular flexibility index (Phi) is 5.25. The predicted molar refractivity (Wildman–Crippen MR) is 97.0 cm³/mol. The molecule has 0 aliphatic carbocycles. The van der Waals surface area contributed by atoms with Crippen molar-refractivity contribution in [3.8, 4) is 0 Å². The average molecular weight is 413 g/mol. The first-order valence-electron chi connectivity index (χ1n) is 7.21. The Balaban J connectivity index is 1.80. The maximum absolute atomic E-state index is 12.6. The number of halogens is 1. The van der Waals surface area contributed by atoms with Crippen LogP contribution in [0.2, 0.25) is 4.34 Å². The molecule has 26 heavy (non-hydrogen) atoms. The Morgan fingerprint density at radius 1 is 1.35 bits per heavy atom. The largest absolute Gasteiger partial charge is 0.465 e. The number of methoxy groups -OCH3 is 1. The van der Waals surface area contributed by atoms with Gasteiger partial charge in [0, 0.05) is 5.69 Å². The number of sulfonamides is 1. The van der Waals surface area contributed by atoms with Gasteiger partial charge in [-0.3, -0.25) is 4.72 Å². The van der Waals surface area contributed by atoms with Gasteiger partial charge >= 0.3 is 5.97 Å². The van der Waals surface area contributed by atoms with Gasteiger partial charge in [0.25, 0.3) is 10.0 Å². The molecule has 0 unspecified atom stereocenters. The van der Waals surface area contributed by atoms with Gasteiger partial charge in [-0.1, -0.05) is 23.7 Å². The number of aromatic nitrogens is 3. The van der Waals surface area contributed by atoms with Crippen LogP contribution >= 0.6 is 22.9 Å². The van der Waals surface area contributed by atoms with E-state index in [1.807, 2.05) is 0 Å². The molecule has 8 nitrogen and oxygen atoms in total. The molecule has 0 atom stereocenters. The predicted octanol–water partition coefficient (Wildman–Crippen LogP) is 2.63. The summed E-state index contributed by atoms with van der Waals surface area (Å²) in [6.45, 7) is 0.514. The number of carbonyl (C=O) groups excluding carboxylic acids is 1. The van der Waals surface area contributed by atoms with Gasteiger partial charge in [0.1, 0.15) is 22.4 Å². The number of carbonyl (C=O) groups is 1. The fourth-order valence-corrected chi connectivity index (χ4v) is 4.96. The zero-order valence-corrected chi connectivity index (χ0v) is 15.8. The minimum Gasteiger partial charge on any atom is -0.465 e. The molecule has 11 heteroatoms. The molecule has 0 fully saturated rings. The summed E-state index contributed by atoms with van der Waals surface area (Å²) < 4.78 is 34.1. The fourth-order valence-electron chi connectivity index (χ4n) is 2.17. The number of benzene rings is 1. The smallest absolute Gasteiger partial charge is 0.349 e. The van der Waals surface area contributed by atoms with Crippen molar-refractivity contribution in [3.05, 3.63) is 57.8 Å². The van der Waals surface area contributed by atoms with Gasteiger partial charge in [-0.15, -0.1) is 11.3 Å². The van der Waals surface area contributed by atoms with Crippen molar-refractivity contribution in [3.63, 3.8) is 0 Å². The maximum Gasteiger partial charge on any atom is 0.349 e. The van der Waals surface area contributed by atoms with Gasteiger partial charge in [0.2, 0.25) is 0 Å². The summed E-state index contributed by atoms with van der Waals surface area (Å²) in [4.78, 5) is 15.3. The molecule has 0 aliphatic heterocycles. The molecule has 2 aromatic heterocycles. The topological polar surface area (TPSA) is 103 Å². The number of esters is 1. The lowest BCUT2D eigenvalue weighted by Gasteiger charge is -2.09. The average Bonchev–Trinajstić information content (AvgIpc) is 3.25. The van der Waals surface area contributed by atoms with Crippen LogP contribution in [0.25, 0.3) is 0 Å². The lowest BCUT2D eigenvalue weighted by atomic mass is 10.2. The van der Waals surface area contributed by atoms with E-state index in [0.717, 1.165) is 16.9 Å². The van der Waals surface area contributed by atoms with E-state index in [9.17, 15) is 13.2 Å². The third-order valence-corrected chi connectivity index (χ3v) is 6.12. The Labute approximate surface area is 158 Å². The van der Waals surface area contributed by atoms with Crippen LogP contribution in [0.3, 0.4) is 0 Å². The molecule has 3 aromatic rings. The van der Waals surface area contributed by atoms with Crippen LogP contribution in [0.1, 0.15) is 15.2 Å². The van der Waals surface area contributed by atoms with E-state index in [0.29, 0.717) is 12.2 Å². The summed E-state index contributed by atoms with van der Waals surface area (Å²) in [6.07, 6.45) is 3.03. The van der Waals surface area contributed by atoms with Gasteiger partial charge in [-0.05, 0) is 23.8 Å². The molecule has 3 rings (SSSR count). The van der Waals surface area contributed by atoms with E-state index < -0.39 is 16.0 Å². The molecule has 0 radical (unpaired) electrons. The normalized spacial score (nSPS) is 11.3. The van der Waals surface area contributed by atoms with Gasteiger partial charge in [-0.25, -0.2) is 22.9 Å². The van der Waals surface area contributed by atoms with Gasteiger partial charge in [0.05, 0.1) is 18.0 Å². The summed E-state index contributed by atoms with van der Waals surface area (Å²) in [6, 6.07) is 7.99. The molecular formula is C15H13ClN4O4S2. The second kappa shape index (κ2) is 7.44. The number of thiophene rings is 1. The standard InChI is InChI=1S/C15H13ClN4O4S2/c1-24-15(21)14-12(6-13(16)25-14)26(22,23)19-11-4-2-10(3-5-11)7-20-9-17-8-18-20/h2-6,8-9,19H,7H2,1H3. The van der Waals surface area contributed by atoms with E-state index in [1.54, 1.807) is 35.3 Å². The summed E-state index contributed by atoms with van der Waals surface area (Å²) in [5, 5.41) is 4.01. The number of rotatable bonds is 6. The van der Waals surface area contributed by atoms with E-state index in [1.165, 1.54) is 19.5 Å². The van der Waals surface area contributed by atoms with Crippen LogP contribution < -0.4 is 4.72 Å². The summed E-state index contributed by atoms with van der Waals surface area (Å²) in [5.74, 6) is -0.759. The summed E-state index contributed by atoms with van der Waals surface area (Å²) in [7, 11) is -2.82. The van der Waals surface area contributed by atoms with Crippen LogP contribution in [-0.4, -0.2) is 36.3 Å². The molecule has 0 saturated carbocycles. The van der Waals surface area contributed by atoms with Crippen molar-refractivity contribution >= 4 is 44.6 Å². The number of hydrogen-bond donors (Lipinski definition) is 1. The second-order valence-corrected chi connectivity index (χ2v) is 8.47. The fraction of sp³-hybridized carbons (Fsp3) is 0.133. The lowest BCUT2D eigenvalue weighted by Crippen LogP contribution is -2.15. The van der Waals surface area contributed by atoms with E-state index >= 15 is 0 Å². The first-order chi connectivity index (χ1) is 12.4. The third-order valence-electron chi connectivity index (χ3n) is 3.35. The van der Waals surface area contributed by atoms with Crippen molar-refractivity contribution in [2.24, 2.45) is 0 Å². The molecule has 1 N–H and O–H groups in total. The van der Waals surface area contributed by atoms with Crippen molar-refractivity contribution in [2.45, 2.75) is 11.4 Å². The Bertz CT molecular complexity index is 1010. The first kappa shape index (κ1) is 18.4. The van der Waals surface area contributed by atoms with Gasteiger partial charge in [-0.2, -0.15) is 5.10 Å². The van der Waals surface area contributed by atoms with Crippen molar-refractivity contribution in [1.29, 1.82) is 0 Å². The summed E-state index contributed by atoms with van der Waals surface area (Å²) >= 11 is 6.71. The number of nitrogens with one attached hydrogen (secondary N) is 1. The highest BCUT2D eigenvalue weighted by Gasteiger charge is 2.26. The van der Waals surface area contributed by atoms with E-state index in [4.69, 9.17) is 11.6 Å². The van der Waals surface area contributed by atoms with Crippen LogP contribution in [0, 0.1) is 0 Å². The minimum absolute atomic E-state index is 0.0761. The highest BCUT2D eigenvalue weighted by atomic mass is 35.5. The molecule has 0 amide bonds. The van der Waals surface area contributed by atoms with Crippen molar-refractivity contribution in [2.75, 3.05) is 11.8 Å². The number of ether oxygens (including phenoxy) is 1. The van der Waals surface area contributed by atoms with Crippen LogP contribution in [0.4, 0.5) is 5.69 Å². The van der Waals surface area contributed by atoms with Crippen molar-refractivity contribution in [1.82, 2.24) is 14.8 Å². The molecule has 2 heterocycles. The van der Waals surface area contributed by atoms with Gasteiger partial charge < -0.3 is 4.74 Å². The molecule has 0 bridgehead atoms. The molecule has 1 aromatic carbocycles. The highest BCUT2D eigenvalue weighted by Crippen LogP contribution is 2.32. The zero-order valence-electron chi connectivity index (χ0n) is 13.4. The van der Waals surface area contributed by atoms with E-state index in [-0.39, 0.29) is 14.1 Å². The van der Waals surface area contributed by atoms with Crippen LogP contribution in [0.15, 0.2) is 47.9 Å². The Morgan fingerprint density at radius 3 is 2.69 bits per heavy atom. The zero-order chi connectivity index (χ0) is 18.7. The first-order valence-corrected chi connectivity index (χ1v) is 9.88. The summed E-state index contributed by atoms with van der Waals surface area (Å²) in [5.41, 5.74) is 1.28. The molecule has 0 saturated heterocycles.